The summed E-state index contributed by atoms with van der Waals surface area (Å²) in [7, 11) is 0. The molecule has 0 aromatic carbocycles. The second kappa shape index (κ2) is 10.6. The normalized spacial score (nSPS) is 23.0. The fraction of sp³-hybridized carbons (Fsp3) is 0.625. The van der Waals surface area contributed by atoms with Gasteiger partial charge in [0.1, 0.15) is 5.82 Å². The molecule has 2 atom stereocenters. The number of piperidine rings is 1. The molecule has 168 valence electrons. The largest absolute Gasteiger partial charge is 0.357 e. The first-order valence-electron chi connectivity index (χ1n) is 11.9. The maximum absolute atomic E-state index is 4.96. The molecule has 0 spiro atoms. The minimum atomic E-state index is 0.426. The lowest BCUT2D eigenvalue weighted by atomic mass is 9.93. The van der Waals surface area contributed by atoms with Crippen molar-refractivity contribution in [2.75, 3.05) is 37.6 Å². The summed E-state index contributed by atoms with van der Waals surface area (Å²) in [6.45, 7) is 10.2. The molecule has 0 bridgehead atoms. The van der Waals surface area contributed by atoms with Crippen molar-refractivity contribution >= 4 is 11.8 Å². The van der Waals surface area contributed by atoms with E-state index in [0.29, 0.717) is 18.5 Å². The van der Waals surface area contributed by atoms with Crippen molar-refractivity contribution in [2.45, 2.75) is 58.5 Å². The predicted octanol–water partition coefficient (Wildman–Crippen LogP) is 3.71. The Morgan fingerprint density at radius 2 is 2.00 bits per heavy atom. The number of hydrogen-bond donors (Lipinski definition) is 1. The van der Waals surface area contributed by atoms with Gasteiger partial charge in [-0.3, -0.25) is 0 Å². The van der Waals surface area contributed by atoms with E-state index < -0.39 is 0 Å². The topological polar surface area (TPSA) is 61.6 Å². The molecule has 0 saturated carbocycles. The zero-order valence-corrected chi connectivity index (χ0v) is 19.1. The van der Waals surface area contributed by atoms with E-state index in [4.69, 9.17) is 9.98 Å². The number of aliphatic imine (C=N–C) groups is 1. The second-order valence-electron chi connectivity index (χ2n) is 8.89. The second-order valence-corrected chi connectivity index (χ2v) is 8.89. The highest BCUT2D eigenvalue weighted by molar-refractivity contribution is 5.80. The van der Waals surface area contributed by atoms with E-state index in [9.17, 15) is 0 Å². The third-order valence-corrected chi connectivity index (χ3v) is 6.61. The number of hydrogen-bond acceptors (Lipinski definition) is 4. The molecule has 4 heterocycles. The molecule has 4 rings (SSSR count). The van der Waals surface area contributed by atoms with Crippen molar-refractivity contribution in [3.63, 3.8) is 0 Å². The maximum atomic E-state index is 4.96. The Hall–Kier alpha value is -2.57. The van der Waals surface area contributed by atoms with E-state index in [0.717, 1.165) is 56.5 Å². The minimum absolute atomic E-state index is 0.426. The van der Waals surface area contributed by atoms with Crippen LogP contribution in [0.15, 0.2) is 42.0 Å². The van der Waals surface area contributed by atoms with Crippen LogP contribution < -0.4 is 10.2 Å². The van der Waals surface area contributed by atoms with Gasteiger partial charge in [0.25, 0.3) is 0 Å². The number of nitrogens with zero attached hydrogens (tertiary/aromatic N) is 6. The highest BCUT2D eigenvalue weighted by atomic mass is 15.3. The monoisotopic (exact) mass is 423 g/mol. The van der Waals surface area contributed by atoms with Crippen LogP contribution in [0.3, 0.4) is 0 Å². The summed E-state index contributed by atoms with van der Waals surface area (Å²) in [6, 6.07) is 4.78. The molecule has 2 aromatic rings. The summed E-state index contributed by atoms with van der Waals surface area (Å²) in [6.07, 6.45) is 14.3. The van der Waals surface area contributed by atoms with Crippen molar-refractivity contribution in [2.24, 2.45) is 10.9 Å². The van der Waals surface area contributed by atoms with Crippen molar-refractivity contribution < 1.29 is 0 Å². The molecule has 31 heavy (non-hydrogen) atoms. The lowest BCUT2D eigenvalue weighted by Gasteiger charge is -2.39. The summed E-state index contributed by atoms with van der Waals surface area (Å²) in [5.74, 6) is 2.73. The first-order valence-corrected chi connectivity index (χ1v) is 11.9. The van der Waals surface area contributed by atoms with Crippen LogP contribution in [0, 0.1) is 5.92 Å². The summed E-state index contributed by atoms with van der Waals surface area (Å²) < 4.78 is 2.24. The van der Waals surface area contributed by atoms with Crippen molar-refractivity contribution in [3.05, 3.63) is 42.6 Å². The van der Waals surface area contributed by atoms with Crippen LogP contribution in [0.5, 0.6) is 0 Å². The highest BCUT2D eigenvalue weighted by Crippen LogP contribution is 2.27. The molecule has 0 amide bonds. The van der Waals surface area contributed by atoms with Crippen LogP contribution in [0.25, 0.3) is 0 Å². The average molecular weight is 424 g/mol. The van der Waals surface area contributed by atoms with Gasteiger partial charge >= 0.3 is 0 Å². The van der Waals surface area contributed by atoms with E-state index in [-0.39, 0.29) is 0 Å². The number of rotatable bonds is 5. The average Bonchev–Trinajstić information content (AvgIpc) is 3.19. The molecule has 2 aliphatic rings. The third kappa shape index (κ3) is 5.57. The minimum Gasteiger partial charge on any atom is -0.357 e. The van der Waals surface area contributed by atoms with Crippen LogP contribution in [0.1, 0.15) is 57.6 Å². The number of likely N-dealkylation sites (tertiary alicyclic amines) is 1. The van der Waals surface area contributed by atoms with Gasteiger partial charge in [-0.15, -0.1) is 0 Å². The van der Waals surface area contributed by atoms with Crippen molar-refractivity contribution in [1.82, 2.24) is 24.8 Å². The number of nitrogens with one attached hydrogen (secondary N) is 1. The molecule has 1 N–H and O–H groups in total. The van der Waals surface area contributed by atoms with Crippen LogP contribution in [0.4, 0.5) is 5.82 Å². The molecule has 0 radical (unpaired) electrons. The highest BCUT2D eigenvalue weighted by Gasteiger charge is 2.28. The SMILES string of the molecule is CCNC(=NCc1ccc(N2CCCCCC2)nc1)N1CCC(C)C(n2ccnc2)C1. The van der Waals surface area contributed by atoms with E-state index >= 15 is 0 Å². The zero-order valence-electron chi connectivity index (χ0n) is 19.1. The molecular weight excluding hydrogens is 386 g/mol. The van der Waals surface area contributed by atoms with Gasteiger partial charge in [0, 0.05) is 51.3 Å². The Morgan fingerprint density at radius 3 is 2.68 bits per heavy atom. The van der Waals surface area contributed by atoms with Crippen LogP contribution in [-0.2, 0) is 6.54 Å². The lowest BCUT2D eigenvalue weighted by molar-refractivity contribution is 0.189. The zero-order chi connectivity index (χ0) is 21.5. The molecule has 0 aliphatic carbocycles. The molecule has 2 aromatic heterocycles. The maximum Gasteiger partial charge on any atom is 0.194 e. The number of anilines is 1. The summed E-state index contributed by atoms with van der Waals surface area (Å²) in [5, 5.41) is 3.50. The van der Waals surface area contributed by atoms with Gasteiger partial charge in [-0.25, -0.2) is 15.0 Å². The third-order valence-electron chi connectivity index (χ3n) is 6.61. The Kier molecular flexibility index (Phi) is 7.43. The molecule has 2 saturated heterocycles. The van der Waals surface area contributed by atoms with Gasteiger partial charge in [-0.2, -0.15) is 0 Å². The van der Waals surface area contributed by atoms with E-state index in [1.54, 1.807) is 0 Å². The van der Waals surface area contributed by atoms with Gasteiger partial charge in [-0.1, -0.05) is 25.8 Å². The summed E-state index contributed by atoms with van der Waals surface area (Å²) >= 11 is 0. The Labute approximate surface area is 186 Å². The summed E-state index contributed by atoms with van der Waals surface area (Å²) in [5.41, 5.74) is 1.16. The standard InChI is InChI=1S/C24H37N7/c1-3-26-24(30-14-10-20(2)22(18-30)31-15-11-25-19-31)28-17-21-8-9-23(27-16-21)29-12-6-4-5-7-13-29/h8-9,11,15-16,19-20,22H,3-7,10,12-14,17-18H2,1-2H3,(H,26,28). The van der Waals surface area contributed by atoms with E-state index in [1.807, 2.05) is 18.7 Å². The van der Waals surface area contributed by atoms with E-state index in [1.165, 1.54) is 25.7 Å². The Bertz CT molecular complexity index is 807. The molecular formula is C24H37N7. The van der Waals surface area contributed by atoms with E-state index in [2.05, 4.69) is 56.8 Å². The van der Waals surface area contributed by atoms with Crippen molar-refractivity contribution in [3.8, 4) is 0 Å². The van der Waals surface area contributed by atoms with Crippen LogP contribution >= 0.6 is 0 Å². The van der Waals surface area contributed by atoms with Gasteiger partial charge in [0.2, 0.25) is 0 Å². The molecule has 2 unspecified atom stereocenters. The van der Waals surface area contributed by atoms with Crippen LogP contribution in [-0.4, -0.2) is 58.1 Å². The lowest BCUT2D eigenvalue weighted by Crippen LogP contribution is -2.49. The quantitative estimate of drug-likeness (QED) is 0.587. The summed E-state index contributed by atoms with van der Waals surface area (Å²) in [4.78, 5) is 18.8. The molecule has 2 fully saturated rings. The first kappa shape index (κ1) is 21.7. The fourth-order valence-electron chi connectivity index (χ4n) is 4.68. The van der Waals surface area contributed by atoms with Gasteiger partial charge in [-0.05, 0) is 43.7 Å². The molecule has 7 heteroatoms. The predicted molar refractivity (Wildman–Crippen MR) is 126 cm³/mol. The number of imidazole rings is 1. The van der Waals surface area contributed by atoms with Gasteiger partial charge in [0.15, 0.2) is 5.96 Å². The Balaban J connectivity index is 1.41. The Morgan fingerprint density at radius 1 is 1.16 bits per heavy atom. The van der Waals surface area contributed by atoms with Gasteiger partial charge in [0.05, 0.1) is 18.9 Å². The van der Waals surface area contributed by atoms with Crippen LogP contribution in [0.2, 0.25) is 0 Å². The van der Waals surface area contributed by atoms with Gasteiger partial charge < -0.3 is 19.7 Å². The number of aromatic nitrogens is 3. The fourth-order valence-corrected chi connectivity index (χ4v) is 4.68. The number of guanidine groups is 1. The van der Waals surface area contributed by atoms with Crippen molar-refractivity contribution in [1.29, 1.82) is 0 Å². The first-order chi connectivity index (χ1) is 15.2. The smallest absolute Gasteiger partial charge is 0.194 e. The molecule has 7 nitrogen and oxygen atoms in total. The molecule has 2 aliphatic heterocycles. The number of pyridine rings is 1.